The summed E-state index contributed by atoms with van der Waals surface area (Å²) in [6.45, 7) is 2.00. The molecule has 1 amide bonds. The van der Waals surface area contributed by atoms with E-state index in [-0.39, 0.29) is 5.56 Å². The van der Waals surface area contributed by atoms with E-state index >= 15 is 0 Å². The van der Waals surface area contributed by atoms with Gasteiger partial charge >= 0.3 is 0 Å². The Labute approximate surface area is 116 Å². The molecule has 0 saturated carbocycles. The molecule has 0 bridgehead atoms. The first-order valence-corrected chi connectivity index (χ1v) is 6.43. The fraction of sp³-hybridized carbons (Fsp3) is 0.286. The minimum Gasteiger partial charge on any atom is -0.366 e. The van der Waals surface area contributed by atoms with Crippen molar-refractivity contribution >= 4 is 5.91 Å². The van der Waals surface area contributed by atoms with Crippen molar-refractivity contribution in [3.63, 3.8) is 0 Å². The lowest BCUT2D eigenvalue weighted by Gasteiger charge is -2.07. The predicted octanol–water partition coefficient (Wildman–Crippen LogP) is 1.30. The average Bonchev–Trinajstić information content (AvgIpc) is 2.93. The summed E-state index contributed by atoms with van der Waals surface area (Å²) in [6, 6.07) is 6.16. The molecule has 6 heteroatoms. The maximum absolute atomic E-state index is 13.7. The Morgan fingerprint density at radius 3 is 2.95 bits per heavy atom. The Morgan fingerprint density at radius 1 is 1.45 bits per heavy atom. The van der Waals surface area contributed by atoms with Crippen LogP contribution in [-0.4, -0.2) is 22.2 Å². The van der Waals surface area contributed by atoms with Crippen LogP contribution in [-0.2, 0) is 13.1 Å². The Morgan fingerprint density at radius 2 is 2.30 bits per heavy atom. The van der Waals surface area contributed by atoms with Gasteiger partial charge in [0.2, 0.25) is 5.91 Å². The molecule has 2 rings (SSSR count). The van der Waals surface area contributed by atoms with E-state index in [9.17, 15) is 9.18 Å². The van der Waals surface area contributed by atoms with Gasteiger partial charge in [0.05, 0.1) is 0 Å². The Bertz CT molecular complexity index is 569. The second kappa shape index (κ2) is 6.81. The van der Waals surface area contributed by atoms with Crippen molar-refractivity contribution in [2.75, 3.05) is 6.54 Å². The van der Waals surface area contributed by atoms with E-state index in [4.69, 9.17) is 5.73 Å². The molecule has 106 valence electrons. The number of nitrogens with two attached hydrogens (primary N) is 1. The summed E-state index contributed by atoms with van der Waals surface area (Å²) in [5, 5.41) is 7.25. The van der Waals surface area contributed by atoms with Gasteiger partial charge in [-0.2, -0.15) is 5.10 Å². The summed E-state index contributed by atoms with van der Waals surface area (Å²) in [4.78, 5) is 10.9. The van der Waals surface area contributed by atoms with E-state index in [1.165, 1.54) is 12.1 Å². The Kier molecular flexibility index (Phi) is 4.84. The number of carbonyl (C=O) groups is 1. The van der Waals surface area contributed by atoms with Crippen LogP contribution in [0.3, 0.4) is 0 Å². The lowest BCUT2D eigenvalue weighted by atomic mass is 10.1. The van der Waals surface area contributed by atoms with Crippen LogP contribution in [0.1, 0.15) is 22.3 Å². The maximum Gasteiger partial charge on any atom is 0.248 e. The van der Waals surface area contributed by atoms with Gasteiger partial charge in [-0.1, -0.05) is 6.07 Å². The highest BCUT2D eigenvalue weighted by molar-refractivity contribution is 5.92. The highest BCUT2D eigenvalue weighted by atomic mass is 19.1. The number of hydrogen-bond donors (Lipinski definition) is 2. The molecule has 1 aromatic heterocycles. The van der Waals surface area contributed by atoms with E-state index in [0.29, 0.717) is 12.1 Å². The van der Waals surface area contributed by atoms with E-state index in [1.807, 2.05) is 16.9 Å². The summed E-state index contributed by atoms with van der Waals surface area (Å²) >= 11 is 0. The van der Waals surface area contributed by atoms with Crippen molar-refractivity contribution < 1.29 is 9.18 Å². The van der Waals surface area contributed by atoms with Crippen molar-refractivity contribution in [2.24, 2.45) is 5.73 Å². The fourth-order valence-corrected chi connectivity index (χ4v) is 1.87. The highest BCUT2D eigenvalue weighted by Crippen LogP contribution is 2.10. The lowest BCUT2D eigenvalue weighted by Crippen LogP contribution is -2.18. The molecular weight excluding hydrogens is 259 g/mol. The van der Waals surface area contributed by atoms with Gasteiger partial charge in [0, 0.05) is 36.6 Å². The van der Waals surface area contributed by atoms with Crippen molar-refractivity contribution in [3.05, 3.63) is 53.6 Å². The van der Waals surface area contributed by atoms with Crippen LogP contribution in [0.4, 0.5) is 4.39 Å². The van der Waals surface area contributed by atoms with Crippen molar-refractivity contribution in [2.45, 2.75) is 19.5 Å². The molecule has 3 N–H and O–H groups in total. The zero-order valence-corrected chi connectivity index (χ0v) is 11.1. The molecule has 0 aliphatic carbocycles. The minimum atomic E-state index is -0.623. The molecule has 20 heavy (non-hydrogen) atoms. The van der Waals surface area contributed by atoms with Crippen molar-refractivity contribution in [3.8, 4) is 0 Å². The minimum absolute atomic E-state index is 0.185. The summed E-state index contributed by atoms with van der Waals surface area (Å²) in [5.41, 5.74) is 5.80. The molecule has 1 heterocycles. The fourth-order valence-electron chi connectivity index (χ4n) is 1.87. The van der Waals surface area contributed by atoms with Gasteiger partial charge in [-0.25, -0.2) is 4.39 Å². The molecule has 1 aromatic carbocycles. The molecule has 2 aromatic rings. The number of benzene rings is 1. The topological polar surface area (TPSA) is 72.9 Å². The SMILES string of the molecule is NC(=O)c1ccc(CNCCCn2cccn2)c(F)c1. The van der Waals surface area contributed by atoms with Gasteiger partial charge < -0.3 is 11.1 Å². The number of nitrogens with zero attached hydrogens (tertiary/aromatic N) is 2. The average molecular weight is 276 g/mol. The summed E-state index contributed by atoms with van der Waals surface area (Å²) in [6.07, 6.45) is 4.55. The number of hydrogen-bond acceptors (Lipinski definition) is 3. The van der Waals surface area contributed by atoms with Gasteiger partial charge in [0.1, 0.15) is 5.82 Å². The molecular formula is C14H17FN4O. The summed E-state index contributed by atoms with van der Waals surface area (Å²) < 4.78 is 15.5. The number of rotatable bonds is 7. The second-order valence-corrected chi connectivity index (χ2v) is 4.47. The third kappa shape index (κ3) is 3.89. The van der Waals surface area contributed by atoms with Crippen molar-refractivity contribution in [1.29, 1.82) is 0 Å². The van der Waals surface area contributed by atoms with Crippen LogP contribution in [0.25, 0.3) is 0 Å². The monoisotopic (exact) mass is 276 g/mol. The molecule has 0 fully saturated rings. The quantitative estimate of drug-likeness (QED) is 0.749. The first-order valence-electron chi connectivity index (χ1n) is 6.43. The standard InChI is InChI=1S/C14H17FN4O/c15-13-9-11(14(16)20)3-4-12(13)10-17-5-1-7-19-8-2-6-18-19/h2-4,6,8-9,17H,1,5,7,10H2,(H2,16,20). The number of aromatic nitrogens is 2. The molecule has 0 aliphatic rings. The summed E-state index contributed by atoms with van der Waals surface area (Å²) in [7, 11) is 0. The number of amides is 1. The van der Waals surface area contributed by atoms with Gasteiger partial charge in [-0.15, -0.1) is 0 Å². The molecule has 0 saturated heterocycles. The van der Waals surface area contributed by atoms with Crippen LogP contribution < -0.4 is 11.1 Å². The maximum atomic E-state index is 13.7. The van der Waals surface area contributed by atoms with E-state index in [2.05, 4.69) is 10.4 Å². The molecule has 0 atom stereocenters. The van der Waals surface area contributed by atoms with Crippen LogP contribution in [0.5, 0.6) is 0 Å². The van der Waals surface area contributed by atoms with Crippen molar-refractivity contribution in [1.82, 2.24) is 15.1 Å². The highest BCUT2D eigenvalue weighted by Gasteiger charge is 2.06. The van der Waals surface area contributed by atoms with Crippen LogP contribution in [0, 0.1) is 5.82 Å². The molecule has 5 nitrogen and oxygen atoms in total. The number of nitrogens with one attached hydrogen (secondary N) is 1. The number of primary amides is 1. The molecule has 0 radical (unpaired) electrons. The first-order chi connectivity index (χ1) is 9.66. The lowest BCUT2D eigenvalue weighted by molar-refractivity contribution is 0.1000. The zero-order chi connectivity index (χ0) is 14.4. The number of carbonyl (C=O) groups excluding carboxylic acids is 1. The third-order valence-electron chi connectivity index (χ3n) is 2.95. The van der Waals surface area contributed by atoms with Crippen LogP contribution in [0.15, 0.2) is 36.7 Å². The Balaban J connectivity index is 1.75. The van der Waals surface area contributed by atoms with Gasteiger partial charge in [-0.3, -0.25) is 9.48 Å². The second-order valence-electron chi connectivity index (χ2n) is 4.47. The normalized spacial score (nSPS) is 10.7. The van der Waals surface area contributed by atoms with Crippen LogP contribution >= 0.6 is 0 Å². The zero-order valence-electron chi connectivity index (χ0n) is 11.1. The van der Waals surface area contributed by atoms with Gasteiger partial charge in [0.15, 0.2) is 0 Å². The molecule has 0 spiro atoms. The van der Waals surface area contributed by atoms with Gasteiger partial charge in [-0.05, 0) is 31.2 Å². The predicted molar refractivity (Wildman–Crippen MR) is 73.5 cm³/mol. The first kappa shape index (κ1) is 14.2. The van der Waals surface area contributed by atoms with Crippen LogP contribution in [0.2, 0.25) is 0 Å². The number of aryl methyl sites for hydroxylation is 1. The Hall–Kier alpha value is -2.21. The van der Waals surface area contributed by atoms with Gasteiger partial charge in [0.25, 0.3) is 0 Å². The summed E-state index contributed by atoms with van der Waals surface area (Å²) in [5.74, 6) is -1.04. The van der Waals surface area contributed by atoms with E-state index < -0.39 is 11.7 Å². The van der Waals surface area contributed by atoms with E-state index in [0.717, 1.165) is 19.5 Å². The number of halogens is 1. The molecule has 0 aliphatic heterocycles. The smallest absolute Gasteiger partial charge is 0.248 e. The largest absolute Gasteiger partial charge is 0.366 e. The molecule has 0 unspecified atom stereocenters. The third-order valence-corrected chi connectivity index (χ3v) is 2.95. The van der Waals surface area contributed by atoms with E-state index in [1.54, 1.807) is 12.3 Å².